The molecule has 6 heteroatoms. The van der Waals surface area contributed by atoms with Crippen LogP contribution in [0, 0.1) is 13.8 Å². The second kappa shape index (κ2) is 6.25. The Balaban J connectivity index is 2.21. The number of nitrogens with zero attached hydrogens (tertiary/aromatic N) is 2. The van der Waals surface area contributed by atoms with Crippen molar-refractivity contribution in [2.45, 2.75) is 37.8 Å². The molecular weight excluding hydrogens is 262 g/mol. The van der Waals surface area contributed by atoms with Gasteiger partial charge in [0.15, 0.2) is 5.84 Å². The summed E-state index contributed by atoms with van der Waals surface area (Å²) in [7, 11) is 0. The molecule has 19 heavy (non-hydrogen) atoms. The third kappa shape index (κ3) is 3.39. The summed E-state index contributed by atoms with van der Waals surface area (Å²) in [5.74, 6) is 0.960. The zero-order chi connectivity index (χ0) is 13.8. The number of hydrogen-bond acceptors (Lipinski definition) is 5. The van der Waals surface area contributed by atoms with Gasteiger partial charge in [0.25, 0.3) is 0 Å². The molecule has 0 saturated carbocycles. The largest absolute Gasteiger partial charge is 0.409 e. The lowest BCUT2D eigenvalue weighted by atomic mass is 10.1. The average molecular weight is 281 g/mol. The van der Waals surface area contributed by atoms with Crippen molar-refractivity contribution in [3.05, 3.63) is 22.9 Å². The Labute approximate surface area is 117 Å². The Kier molecular flexibility index (Phi) is 4.66. The van der Waals surface area contributed by atoms with Gasteiger partial charge in [-0.3, -0.25) is 0 Å². The predicted molar refractivity (Wildman–Crippen MR) is 75.9 cm³/mol. The second-order valence-electron chi connectivity index (χ2n) is 4.69. The number of oxime groups is 1. The van der Waals surface area contributed by atoms with Crippen LogP contribution in [0.5, 0.6) is 0 Å². The van der Waals surface area contributed by atoms with Crippen LogP contribution in [0.2, 0.25) is 0 Å². The fourth-order valence-corrected chi connectivity index (χ4v) is 3.44. The molecule has 2 heterocycles. The fourth-order valence-electron chi connectivity index (χ4n) is 2.22. The van der Waals surface area contributed by atoms with Crippen LogP contribution < -0.4 is 5.73 Å². The van der Waals surface area contributed by atoms with Gasteiger partial charge in [-0.1, -0.05) is 5.16 Å². The van der Waals surface area contributed by atoms with Gasteiger partial charge >= 0.3 is 0 Å². The summed E-state index contributed by atoms with van der Waals surface area (Å²) in [5, 5.41) is 12.8. The third-order valence-electron chi connectivity index (χ3n) is 3.11. The molecule has 5 nitrogen and oxygen atoms in total. The smallest absolute Gasteiger partial charge is 0.173 e. The van der Waals surface area contributed by atoms with Crippen molar-refractivity contribution in [1.82, 2.24) is 4.98 Å². The number of ether oxygens (including phenoxy) is 1. The molecule has 3 N–H and O–H groups in total. The van der Waals surface area contributed by atoms with Crippen molar-refractivity contribution in [3.8, 4) is 0 Å². The molecule has 1 aliphatic heterocycles. The lowest BCUT2D eigenvalue weighted by Gasteiger charge is -2.13. The zero-order valence-corrected chi connectivity index (χ0v) is 12.0. The highest BCUT2D eigenvalue weighted by molar-refractivity contribution is 7.99. The van der Waals surface area contributed by atoms with Gasteiger partial charge in [0, 0.05) is 18.1 Å². The number of amidine groups is 1. The number of thioether (sulfide) groups is 1. The summed E-state index contributed by atoms with van der Waals surface area (Å²) < 4.78 is 5.60. The van der Waals surface area contributed by atoms with E-state index in [4.69, 9.17) is 15.7 Å². The van der Waals surface area contributed by atoms with Crippen LogP contribution in [0.3, 0.4) is 0 Å². The van der Waals surface area contributed by atoms with Gasteiger partial charge < -0.3 is 15.7 Å². The van der Waals surface area contributed by atoms with Crippen molar-refractivity contribution in [1.29, 1.82) is 0 Å². The fraction of sp³-hybridized carbons (Fsp3) is 0.538. The van der Waals surface area contributed by atoms with E-state index in [9.17, 15) is 0 Å². The maximum absolute atomic E-state index is 8.89. The van der Waals surface area contributed by atoms with Crippen molar-refractivity contribution in [2.75, 3.05) is 12.4 Å². The predicted octanol–water partition coefficient (Wildman–Crippen LogP) is 2.06. The Morgan fingerprint density at radius 2 is 2.42 bits per heavy atom. The molecule has 1 unspecified atom stereocenters. The molecule has 0 radical (unpaired) electrons. The summed E-state index contributed by atoms with van der Waals surface area (Å²) in [6, 6.07) is 1.93. The van der Waals surface area contributed by atoms with E-state index in [1.54, 1.807) is 11.8 Å². The first kappa shape index (κ1) is 14.1. The molecule has 0 bridgehead atoms. The highest BCUT2D eigenvalue weighted by atomic mass is 32.2. The third-order valence-corrected chi connectivity index (χ3v) is 4.21. The van der Waals surface area contributed by atoms with E-state index in [1.807, 2.05) is 19.9 Å². The summed E-state index contributed by atoms with van der Waals surface area (Å²) in [5.41, 5.74) is 8.37. The van der Waals surface area contributed by atoms with E-state index in [2.05, 4.69) is 10.1 Å². The molecule has 0 spiro atoms. The summed E-state index contributed by atoms with van der Waals surface area (Å²) in [4.78, 5) is 4.50. The Bertz CT molecular complexity index is 485. The minimum atomic E-state index is 0.111. The molecule has 0 amide bonds. The Morgan fingerprint density at radius 1 is 1.63 bits per heavy atom. The molecule has 0 aromatic carbocycles. The highest BCUT2D eigenvalue weighted by Gasteiger charge is 2.19. The minimum absolute atomic E-state index is 0.111. The van der Waals surface area contributed by atoms with E-state index >= 15 is 0 Å². The van der Waals surface area contributed by atoms with Gasteiger partial charge in [-0.05, 0) is 38.3 Å². The van der Waals surface area contributed by atoms with Crippen LogP contribution in [0.15, 0.2) is 16.2 Å². The van der Waals surface area contributed by atoms with Crippen LogP contribution in [0.25, 0.3) is 0 Å². The molecule has 1 saturated heterocycles. The summed E-state index contributed by atoms with van der Waals surface area (Å²) in [6.45, 7) is 4.73. The number of aryl methyl sites for hydroxylation is 2. The maximum Gasteiger partial charge on any atom is 0.173 e. The first-order chi connectivity index (χ1) is 9.11. The van der Waals surface area contributed by atoms with Crippen molar-refractivity contribution in [3.63, 3.8) is 0 Å². The van der Waals surface area contributed by atoms with Crippen LogP contribution in [-0.4, -0.2) is 34.5 Å². The SMILES string of the molecule is Cc1cc(C)c(/C(N)=N/O)c(SCC2CCCO2)n1. The molecule has 2 rings (SSSR count). The lowest BCUT2D eigenvalue weighted by Crippen LogP contribution is -2.18. The Hall–Kier alpha value is -1.27. The average Bonchev–Trinajstić information content (AvgIpc) is 2.88. The van der Waals surface area contributed by atoms with Crippen molar-refractivity contribution >= 4 is 17.6 Å². The number of aromatic nitrogens is 1. The molecule has 104 valence electrons. The topological polar surface area (TPSA) is 80.7 Å². The molecule has 1 aromatic rings. The Morgan fingerprint density at radius 3 is 3.05 bits per heavy atom. The normalized spacial score (nSPS) is 19.9. The molecule has 0 aliphatic carbocycles. The number of nitrogens with two attached hydrogens (primary N) is 1. The van der Waals surface area contributed by atoms with E-state index in [1.165, 1.54) is 0 Å². The van der Waals surface area contributed by atoms with Crippen LogP contribution >= 0.6 is 11.8 Å². The summed E-state index contributed by atoms with van der Waals surface area (Å²) in [6.07, 6.45) is 2.50. The van der Waals surface area contributed by atoms with E-state index in [0.717, 1.165) is 47.0 Å². The molecule has 1 atom stereocenters. The highest BCUT2D eigenvalue weighted by Crippen LogP contribution is 2.27. The standard InChI is InChI=1S/C13H19N3O2S/c1-8-6-9(2)15-13(11(8)12(14)16-17)19-7-10-4-3-5-18-10/h6,10,17H,3-5,7H2,1-2H3,(H2,14,16). The number of pyridine rings is 1. The quantitative estimate of drug-likeness (QED) is 0.290. The van der Waals surface area contributed by atoms with Gasteiger partial charge in [0.2, 0.25) is 0 Å². The van der Waals surface area contributed by atoms with Gasteiger partial charge in [0.05, 0.1) is 11.7 Å². The van der Waals surface area contributed by atoms with Gasteiger partial charge in [0.1, 0.15) is 5.03 Å². The molecule has 1 aromatic heterocycles. The second-order valence-corrected chi connectivity index (χ2v) is 5.70. The van der Waals surface area contributed by atoms with E-state index < -0.39 is 0 Å². The van der Waals surface area contributed by atoms with Gasteiger partial charge in [-0.25, -0.2) is 4.98 Å². The maximum atomic E-state index is 8.89. The first-order valence-electron chi connectivity index (χ1n) is 6.32. The minimum Gasteiger partial charge on any atom is -0.409 e. The van der Waals surface area contributed by atoms with Gasteiger partial charge in [-0.15, -0.1) is 11.8 Å². The van der Waals surface area contributed by atoms with Gasteiger partial charge in [-0.2, -0.15) is 0 Å². The van der Waals surface area contributed by atoms with Crippen LogP contribution in [0.1, 0.15) is 29.7 Å². The molecular formula is C13H19N3O2S. The molecule has 1 aliphatic rings. The first-order valence-corrected chi connectivity index (χ1v) is 7.31. The van der Waals surface area contributed by atoms with Crippen LogP contribution in [-0.2, 0) is 4.74 Å². The summed E-state index contributed by atoms with van der Waals surface area (Å²) >= 11 is 1.61. The number of rotatable bonds is 4. The van der Waals surface area contributed by atoms with E-state index in [0.29, 0.717) is 0 Å². The lowest BCUT2D eigenvalue weighted by molar-refractivity contribution is 0.129. The monoisotopic (exact) mass is 281 g/mol. The number of hydrogen-bond donors (Lipinski definition) is 2. The van der Waals surface area contributed by atoms with Crippen molar-refractivity contribution in [2.24, 2.45) is 10.9 Å². The van der Waals surface area contributed by atoms with Crippen LogP contribution in [0.4, 0.5) is 0 Å². The van der Waals surface area contributed by atoms with Crippen molar-refractivity contribution < 1.29 is 9.94 Å². The zero-order valence-electron chi connectivity index (χ0n) is 11.2. The molecule has 1 fully saturated rings. The van der Waals surface area contributed by atoms with E-state index in [-0.39, 0.29) is 11.9 Å².